The van der Waals surface area contributed by atoms with Gasteiger partial charge in [0, 0.05) is 14.4 Å². The summed E-state index contributed by atoms with van der Waals surface area (Å²) in [5.41, 5.74) is 0. The second kappa shape index (κ2) is 4.61. The first-order valence-electron chi connectivity index (χ1n) is 2.88. The third-order valence-electron chi connectivity index (χ3n) is 1.10. The van der Waals surface area contributed by atoms with E-state index in [0.29, 0.717) is 5.21 Å². The van der Waals surface area contributed by atoms with Crippen molar-refractivity contribution in [1.29, 1.82) is 0 Å². The molecule has 0 heterocycles. The van der Waals surface area contributed by atoms with Gasteiger partial charge < -0.3 is 0 Å². The molecule has 0 N–H and O–H groups in total. The van der Waals surface area contributed by atoms with Crippen LogP contribution in [0, 0.1) is 0 Å². The van der Waals surface area contributed by atoms with Crippen molar-refractivity contribution in [3.63, 3.8) is 0 Å². The molecule has 0 aromatic heterocycles. The quantitative estimate of drug-likeness (QED) is 0.568. The summed E-state index contributed by atoms with van der Waals surface area (Å²) >= 11 is 16.3. The predicted octanol–water partition coefficient (Wildman–Crippen LogP) is 4.39. The Balaban J connectivity index is 2.90. The summed E-state index contributed by atoms with van der Waals surface area (Å²) in [5.74, 6) is 0. The monoisotopic (exact) mass is 270 g/mol. The summed E-state index contributed by atoms with van der Waals surface area (Å²) in [5, 5.41) is 1.29. The van der Waals surface area contributed by atoms with Crippen LogP contribution in [-0.4, -0.2) is 5.21 Å². The van der Waals surface area contributed by atoms with Crippen LogP contribution in [0.2, 0.25) is 5.02 Å². The maximum Gasteiger partial charge on any atom is 0.0727 e. The first-order valence-corrected chi connectivity index (χ1v) is 5.57. The summed E-state index contributed by atoms with van der Waals surface area (Å²) in [7, 11) is 0. The van der Waals surface area contributed by atoms with Gasteiger partial charge in [0.05, 0.1) is 5.21 Å². The highest BCUT2D eigenvalue weighted by Crippen LogP contribution is 2.30. The zero-order valence-electron chi connectivity index (χ0n) is 5.48. The van der Waals surface area contributed by atoms with Gasteiger partial charge in [-0.15, -0.1) is 23.4 Å². The summed E-state index contributed by atoms with van der Waals surface area (Å²) < 4.78 is 0.996. The predicted molar refractivity (Wildman–Crippen MR) is 55.7 cm³/mol. The zero-order chi connectivity index (χ0) is 8.27. The number of alkyl halides is 1. The SMILES string of the molecule is ClCSc1ccc(Cl)cc1Br. The van der Waals surface area contributed by atoms with Gasteiger partial charge >= 0.3 is 0 Å². The molecule has 0 aliphatic carbocycles. The van der Waals surface area contributed by atoms with Gasteiger partial charge in [0.25, 0.3) is 0 Å². The molecule has 0 aliphatic heterocycles. The van der Waals surface area contributed by atoms with Gasteiger partial charge in [0.15, 0.2) is 0 Å². The second-order valence-corrected chi connectivity index (χ2v) is 4.72. The van der Waals surface area contributed by atoms with E-state index in [2.05, 4.69) is 15.9 Å². The smallest absolute Gasteiger partial charge is 0.0727 e. The van der Waals surface area contributed by atoms with Crippen LogP contribution in [0.3, 0.4) is 0 Å². The fraction of sp³-hybridized carbons (Fsp3) is 0.143. The second-order valence-electron chi connectivity index (χ2n) is 1.83. The van der Waals surface area contributed by atoms with E-state index in [1.807, 2.05) is 18.2 Å². The molecule has 0 atom stereocenters. The molecule has 1 aromatic rings. The van der Waals surface area contributed by atoms with Crippen molar-refractivity contribution >= 4 is 50.9 Å². The van der Waals surface area contributed by atoms with E-state index in [4.69, 9.17) is 23.2 Å². The average molecular weight is 272 g/mol. The van der Waals surface area contributed by atoms with Crippen molar-refractivity contribution in [2.24, 2.45) is 0 Å². The Hall–Kier alpha value is 0.630. The Morgan fingerprint density at radius 3 is 2.73 bits per heavy atom. The van der Waals surface area contributed by atoms with E-state index in [1.54, 1.807) is 11.8 Å². The fourth-order valence-electron chi connectivity index (χ4n) is 0.651. The molecule has 0 aliphatic rings. The van der Waals surface area contributed by atoms with Crippen molar-refractivity contribution in [3.8, 4) is 0 Å². The topological polar surface area (TPSA) is 0 Å². The number of thioether (sulfide) groups is 1. The van der Waals surface area contributed by atoms with Crippen molar-refractivity contribution in [2.75, 3.05) is 5.21 Å². The van der Waals surface area contributed by atoms with Gasteiger partial charge in [-0.25, -0.2) is 0 Å². The van der Waals surface area contributed by atoms with E-state index in [0.717, 1.165) is 14.4 Å². The minimum absolute atomic E-state index is 0.556. The molecular weight excluding hydrogens is 267 g/mol. The van der Waals surface area contributed by atoms with E-state index < -0.39 is 0 Å². The molecule has 0 radical (unpaired) electrons. The van der Waals surface area contributed by atoms with Crippen LogP contribution >= 0.6 is 50.9 Å². The van der Waals surface area contributed by atoms with Crippen LogP contribution < -0.4 is 0 Å². The molecule has 0 spiro atoms. The summed E-state index contributed by atoms with van der Waals surface area (Å²) in [6, 6.07) is 5.65. The van der Waals surface area contributed by atoms with Gasteiger partial charge in [-0.1, -0.05) is 11.6 Å². The number of halogens is 3. The van der Waals surface area contributed by atoms with Crippen molar-refractivity contribution < 1.29 is 0 Å². The fourth-order valence-corrected chi connectivity index (χ4v) is 2.51. The highest BCUT2D eigenvalue weighted by Gasteiger charge is 1.99. The molecule has 60 valence electrons. The van der Waals surface area contributed by atoms with Crippen LogP contribution in [0.25, 0.3) is 0 Å². The average Bonchev–Trinajstić information content (AvgIpc) is 1.95. The van der Waals surface area contributed by atoms with Gasteiger partial charge in [0.2, 0.25) is 0 Å². The lowest BCUT2D eigenvalue weighted by Crippen LogP contribution is -1.74. The first-order chi connectivity index (χ1) is 5.24. The standard InChI is InChI=1S/C7H5BrCl2S/c8-6-3-5(10)1-2-7(6)11-4-9/h1-3H,4H2. The molecule has 4 heteroatoms. The van der Waals surface area contributed by atoms with Crippen LogP contribution in [-0.2, 0) is 0 Å². The Morgan fingerprint density at radius 2 is 2.18 bits per heavy atom. The van der Waals surface area contributed by atoms with Crippen molar-refractivity contribution in [2.45, 2.75) is 4.90 Å². The van der Waals surface area contributed by atoms with Crippen molar-refractivity contribution in [3.05, 3.63) is 27.7 Å². The molecule has 0 saturated carbocycles. The number of hydrogen-bond acceptors (Lipinski definition) is 1. The third-order valence-corrected chi connectivity index (χ3v) is 3.36. The molecule has 0 fully saturated rings. The molecule has 0 bridgehead atoms. The summed E-state index contributed by atoms with van der Waals surface area (Å²) in [6.45, 7) is 0. The van der Waals surface area contributed by atoms with Gasteiger partial charge in [-0.2, -0.15) is 0 Å². The minimum Gasteiger partial charge on any atom is -0.114 e. The van der Waals surface area contributed by atoms with Gasteiger partial charge in [0.1, 0.15) is 0 Å². The number of rotatable bonds is 2. The van der Waals surface area contributed by atoms with E-state index >= 15 is 0 Å². The van der Waals surface area contributed by atoms with Crippen LogP contribution in [0.1, 0.15) is 0 Å². The first kappa shape index (κ1) is 9.72. The maximum absolute atomic E-state index is 5.74. The molecule has 0 unspecified atom stereocenters. The highest BCUT2D eigenvalue weighted by atomic mass is 79.9. The lowest BCUT2D eigenvalue weighted by atomic mass is 10.4. The van der Waals surface area contributed by atoms with Gasteiger partial charge in [-0.3, -0.25) is 0 Å². The van der Waals surface area contributed by atoms with E-state index in [-0.39, 0.29) is 0 Å². The lowest BCUT2D eigenvalue weighted by Gasteiger charge is -2.00. The lowest BCUT2D eigenvalue weighted by molar-refractivity contribution is 1.41. The zero-order valence-corrected chi connectivity index (χ0v) is 9.40. The van der Waals surface area contributed by atoms with E-state index in [9.17, 15) is 0 Å². The summed E-state index contributed by atoms with van der Waals surface area (Å²) in [6.07, 6.45) is 0. The molecule has 0 amide bonds. The minimum atomic E-state index is 0.556. The number of hydrogen-bond donors (Lipinski definition) is 0. The van der Waals surface area contributed by atoms with Crippen LogP contribution in [0.4, 0.5) is 0 Å². The summed E-state index contributed by atoms with van der Waals surface area (Å²) in [4.78, 5) is 1.12. The Kier molecular flexibility index (Phi) is 4.07. The third kappa shape index (κ3) is 2.86. The number of benzene rings is 1. The normalized spacial score (nSPS) is 10.1. The molecule has 1 aromatic carbocycles. The molecule has 0 nitrogen and oxygen atoms in total. The maximum atomic E-state index is 5.74. The largest absolute Gasteiger partial charge is 0.114 e. The van der Waals surface area contributed by atoms with Crippen LogP contribution in [0.15, 0.2) is 27.6 Å². The van der Waals surface area contributed by atoms with E-state index in [1.165, 1.54) is 0 Å². The van der Waals surface area contributed by atoms with Gasteiger partial charge in [-0.05, 0) is 34.1 Å². The molecule has 1 rings (SSSR count). The highest BCUT2D eigenvalue weighted by molar-refractivity contribution is 9.10. The van der Waals surface area contributed by atoms with Crippen LogP contribution in [0.5, 0.6) is 0 Å². The molecule has 11 heavy (non-hydrogen) atoms. The van der Waals surface area contributed by atoms with Crippen molar-refractivity contribution in [1.82, 2.24) is 0 Å². The Labute approximate surface area is 88.4 Å². The molecule has 0 saturated heterocycles. The Bertz CT molecular complexity index is 252. The molecular formula is C7H5BrCl2S. The Morgan fingerprint density at radius 1 is 1.45 bits per heavy atom.